The second-order valence-corrected chi connectivity index (χ2v) is 7.81. The van der Waals surface area contributed by atoms with E-state index >= 15 is 0 Å². The maximum absolute atomic E-state index is 12.1. The van der Waals surface area contributed by atoms with Crippen LogP contribution < -0.4 is 20.9 Å². The fourth-order valence-corrected chi connectivity index (χ4v) is 3.73. The molecule has 8 heteroatoms. The van der Waals surface area contributed by atoms with Gasteiger partial charge in [-0.3, -0.25) is 23.6 Å². The summed E-state index contributed by atoms with van der Waals surface area (Å²) in [7, 11) is 3.19. The predicted octanol–water partition coefficient (Wildman–Crippen LogP) is 1.19. The summed E-state index contributed by atoms with van der Waals surface area (Å²) in [5.41, 5.74) is 1.09. The summed E-state index contributed by atoms with van der Waals surface area (Å²) in [6, 6.07) is 7.05. The Balaban J connectivity index is 1.46. The van der Waals surface area contributed by atoms with Gasteiger partial charge in [0.1, 0.15) is 11.6 Å². The van der Waals surface area contributed by atoms with E-state index in [9.17, 15) is 14.4 Å². The van der Waals surface area contributed by atoms with Gasteiger partial charge in [0.2, 0.25) is 0 Å². The number of hydrogen-bond acceptors (Lipinski definition) is 6. The third kappa shape index (κ3) is 4.81. The van der Waals surface area contributed by atoms with Crippen molar-refractivity contribution in [1.82, 2.24) is 14.0 Å². The van der Waals surface area contributed by atoms with Gasteiger partial charge in [-0.25, -0.2) is 4.79 Å². The Hall–Kier alpha value is -2.87. The lowest BCUT2D eigenvalue weighted by Crippen LogP contribution is -2.49. The fraction of sp³-hybridized carbons (Fsp3) is 0.500. The zero-order valence-corrected chi connectivity index (χ0v) is 18.2. The largest absolute Gasteiger partial charge is 0.493 e. The van der Waals surface area contributed by atoms with Crippen LogP contribution in [0, 0.1) is 6.92 Å². The number of anilines is 1. The molecule has 0 aliphatic carbocycles. The molecule has 1 fully saturated rings. The second-order valence-electron chi connectivity index (χ2n) is 7.81. The number of rotatable bonds is 7. The lowest BCUT2D eigenvalue weighted by atomic mass is 10.1. The lowest BCUT2D eigenvalue weighted by molar-refractivity contribution is 0.101. The van der Waals surface area contributed by atoms with Gasteiger partial charge in [-0.1, -0.05) is 0 Å². The first-order valence-corrected chi connectivity index (χ1v) is 10.3. The molecule has 30 heavy (non-hydrogen) atoms. The summed E-state index contributed by atoms with van der Waals surface area (Å²) in [5.74, 6) is 1.55. The minimum absolute atomic E-state index is 0.0553. The van der Waals surface area contributed by atoms with E-state index in [2.05, 4.69) is 9.80 Å². The summed E-state index contributed by atoms with van der Waals surface area (Å²) >= 11 is 0. The highest BCUT2D eigenvalue weighted by Gasteiger charge is 2.20. The Kier molecular flexibility index (Phi) is 6.77. The Morgan fingerprint density at radius 1 is 1.03 bits per heavy atom. The van der Waals surface area contributed by atoms with Crippen molar-refractivity contribution in [3.63, 3.8) is 0 Å². The molecule has 2 heterocycles. The van der Waals surface area contributed by atoms with Gasteiger partial charge in [-0.15, -0.1) is 0 Å². The number of aromatic nitrogens is 2. The number of benzene rings is 1. The van der Waals surface area contributed by atoms with Crippen LogP contribution >= 0.6 is 0 Å². The van der Waals surface area contributed by atoms with Crippen molar-refractivity contribution < 1.29 is 9.53 Å². The monoisotopic (exact) mass is 414 g/mol. The van der Waals surface area contributed by atoms with Crippen LogP contribution in [0.4, 0.5) is 5.82 Å². The number of carbonyl (C=O) groups is 1. The molecule has 0 radical (unpaired) electrons. The summed E-state index contributed by atoms with van der Waals surface area (Å²) in [6.45, 7) is 8.33. The zero-order valence-electron chi connectivity index (χ0n) is 18.2. The highest BCUT2D eigenvalue weighted by Crippen LogP contribution is 2.20. The van der Waals surface area contributed by atoms with Crippen molar-refractivity contribution >= 4 is 11.6 Å². The summed E-state index contributed by atoms with van der Waals surface area (Å²) in [5, 5.41) is 0. The molecule has 162 valence electrons. The fourth-order valence-electron chi connectivity index (χ4n) is 3.73. The first kappa shape index (κ1) is 21.8. The minimum Gasteiger partial charge on any atom is -0.493 e. The zero-order chi connectivity index (χ0) is 21.8. The third-order valence-electron chi connectivity index (χ3n) is 5.65. The first-order valence-electron chi connectivity index (χ1n) is 10.3. The van der Waals surface area contributed by atoms with E-state index in [1.807, 2.05) is 19.1 Å². The topological polar surface area (TPSA) is 76.8 Å². The van der Waals surface area contributed by atoms with Crippen molar-refractivity contribution in [3.8, 4) is 5.75 Å². The van der Waals surface area contributed by atoms with Crippen molar-refractivity contribution in [2.24, 2.45) is 14.1 Å². The van der Waals surface area contributed by atoms with Crippen LogP contribution in [0.3, 0.4) is 0 Å². The molecule has 8 nitrogen and oxygen atoms in total. The number of ether oxygens (including phenoxy) is 1. The third-order valence-corrected chi connectivity index (χ3v) is 5.65. The van der Waals surface area contributed by atoms with Crippen LogP contribution in [-0.2, 0) is 14.1 Å². The summed E-state index contributed by atoms with van der Waals surface area (Å²) in [6.07, 6.45) is 0.901. The van der Waals surface area contributed by atoms with Crippen molar-refractivity contribution in [1.29, 1.82) is 0 Å². The summed E-state index contributed by atoms with van der Waals surface area (Å²) in [4.78, 5) is 40.0. The van der Waals surface area contributed by atoms with Crippen molar-refractivity contribution in [2.75, 3.05) is 44.2 Å². The van der Waals surface area contributed by atoms with Crippen molar-refractivity contribution in [2.45, 2.75) is 20.3 Å². The van der Waals surface area contributed by atoms with Gasteiger partial charge in [0.25, 0.3) is 5.56 Å². The van der Waals surface area contributed by atoms with Crippen LogP contribution in [0.1, 0.15) is 29.3 Å². The van der Waals surface area contributed by atoms with Gasteiger partial charge in [0.15, 0.2) is 5.78 Å². The van der Waals surface area contributed by atoms with E-state index in [0.29, 0.717) is 18.0 Å². The molecular formula is C22H30N4O4. The molecule has 1 aromatic carbocycles. The number of nitrogens with zero attached hydrogens (tertiary/aromatic N) is 4. The van der Waals surface area contributed by atoms with Gasteiger partial charge in [0.05, 0.1) is 6.61 Å². The number of piperazine rings is 1. The Labute approximate surface area is 176 Å². The van der Waals surface area contributed by atoms with E-state index in [-0.39, 0.29) is 17.0 Å². The van der Waals surface area contributed by atoms with Gasteiger partial charge >= 0.3 is 5.69 Å². The SMILES string of the molecule is CC(=O)c1ccc(OCCCN2CCN(c3cc(=O)n(C)c(=O)n3C)CC2)c(C)c1. The standard InChI is InChI=1S/C22H30N4O4/c1-16-14-18(17(2)27)6-7-19(16)30-13-5-8-25-9-11-26(12-10-25)20-15-21(28)24(4)22(29)23(20)3/h6-7,14-15H,5,8-13H2,1-4H3. The van der Waals surface area contributed by atoms with E-state index < -0.39 is 0 Å². The average molecular weight is 415 g/mol. The minimum atomic E-state index is -0.302. The van der Waals surface area contributed by atoms with E-state index in [1.54, 1.807) is 20.0 Å². The molecule has 1 aliphatic rings. The van der Waals surface area contributed by atoms with Gasteiger partial charge in [-0.2, -0.15) is 0 Å². The molecule has 0 spiro atoms. The Bertz CT molecular complexity index is 1030. The van der Waals surface area contributed by atoms with Crippen LogP contribution in [0.2, 0.25) is 0 Å². The average Bonchev–Trinajstić information content (AvgIpc) is 2.73. The van der Waals surface area contributed by atoms with E-state index in [1.165, 1.54) is 17.7 Å². The number of hydrogen-bond donors (Lipinski definition) is 0. The van der Waals surface area contributed by atoms with E-state index in [0.717, 1.165) is 55.0 Å². The Morgan fingerprint density at radius 2 is 1.73 bits per heavy atom. The molecule has 3 rings (SSSR count). The van der Waals surface area contributed by atoms with E-state index in [4.69, 9.17) is 4.74 Å². The molecule has 0 saturated carbocycles. The predicted molar refractivity (Wildman–Crippen MR) is 117 cm³/mol. The summed E-state index contributed by atoms with van der Waals surface area (Å²) < 4.78 is 8.54. The second kappa shape index (κ2) is 9.30. The number of carbonyl (C=O) groups excluding carboxylic acids is 1. The highest BCUT2D eigenvalue weighted by atomic mass is 16.5. The van der Waals surface area contributed by atoms with Crippen LogP contribution in [0.5, 0.6) is 5.75 Å². The van der Waals surface area contributed by atoms with Crippen LogP contribution in [-0.4, -0.2) is 59.1 Å². The molecule has 0 N–H and O–H groups in total. The molecule has 1 saturated heterocycles. The molecule has 1 aromatic heterocycles. The molecule has 0 bridgehead atoms. The number of ketones is 1. The smallest absolute Gasteiger partial charge is 0.332 e. The Morgan fingerprint density at radius 3 is 2.37 bits per heavy atom. The maximum atomic E-state index is 12.1. The lowest BCUT2D eigenvalue weighted by Gasteiger charge is -2.36. The molecular weight excluding hydrogens is 384 g/mol. The van der Waals surface area contributed by atoms with Gasteiger partial charge < -0.3 is 9.64 Å². The maximum Gasteiger partial charge on any atom is 0.332 e. The highest BCUT2D eigenvalue weighted by molar-refractivity contribution is 5.94. The molecule has 0 unspecified atom stereocenters. The van der Waals surface area contributed by atoms with Gasteiger partial charge in [-0.05, 0) is 44.0 Å². The van der Waals surface area contributed by atoms with Crippen LogP contribution in [0.15, 0.2) is 33.9 Å². The molecule has 1 aliphatic heterocycles. The van der Waals surface area contributed by atoms with Crippen molar-refractivity contribution in [3.05, 3.63) is 56.2 Å². The molecule has 0 atom stereocenters. The van der Waals surface area contributed by atoms with Crippen LogP contribution in [0.25, 0.3) is 0 Å². The quantitative estimate of drug-likeness (QED) is 0.500. The number of aryl methyl sites for hydroxylation is 1. The normalized spacial score (nSPS) is 14.7. The molecule has 0 amide bonds. The number of Topliss-reactive ketones (excluding diaryl/α,β-unsaturated/α-hetero) is 1. The first-order chi connectivity index (χ1) is 14.3. The van der Waals surface area contributed by atoms with Gasteiger partial charge in [0, 0.05) is 58.4 Å². The molecule has 2 aromatic rings.